The molecule has 2 amide bonds. The van der Waals surface area contributed by atoms with E-state index in [0.717, 1.165) is 11.3 Å². The minimum absolute atomic E-state index is 0.0964. The topological polar surface area (TPSA) is 76.7 Å². The molecule has 0 fully saturated rings. The van der Waals surface area contributed by atoms with Crippen LogP contribution in [0.4, 0.5) is 11.4 Å². The summed E-state index contributed by atoms with van der Waals surface area (Å²) in [4.78, 5) is 24.1. The van der Waals surface area contributed by atoms with Crippen LogP contribution in [0, 0.1) is 0 Å². The van der Waals surface area contributed by atoms with Crippen molar-refractivity contribution in [3.05, 3.63) is 84.4 Å². The molecule has 0 radical (unpaired) electrons. The Bertz CT molecular complexity index is 939. The molecule has 6 nitrogen and oxygen atoms in total. The first-order valence-electron chi connectivity index (χ1n) is 9.13. The number of nitrogens with one attached hydrogen (secondary N) is 2. The zero-order chi connectivity index (χ0) is 20.5. The SMILES string of the molecule is COc1ccc(OCC(=O)Nc2ccc(NC(=O)Cc3ccccc3)cc2)cc1. The fourth-order valence-corrected chi connectivity index (χ4v) is 2.64. The number of benzene rings is 3. The summed E-state index contributed by atoms with van der Waals surface area (Å²) in [5.74, 6) is 0.928. The largest absolute Gasteiger partial charge is 0.497 e. The van der Waals surface area contributed by atoms with Gasteiger partial charge >= 0.3 is 0 Å². The van der Waals surface area contributed by atoms with Gasteiger partial charge in [-0.05, 0) is 54.1 Å². The zero-order valence-corrected chi connectivity index (χ0v) is 16.1. The molecule has 3 rings (SSSR count). The smallest absolute Gasteiger partial charge is 0.262 e. The van der Waals surface area contributed by atoms with E-state index in [1.54, 1.807) is 55.6 Å². The van der Waals surface area contributed by atoms with Gasteiger partial charge in [-0.2, -0.15) is 0 Å². The summed E-state index contributed by atoms with van der Waals surface area (Å²) in [6.07, 6.45) is 0.308. The molecule has 0 aromatic heterocycles. The van der Waals surface area contributed by atoms with Gasteiger partial charge in [-0.25, -0.2) is 0 Å². The summed E-state index contributed by atoms with van der Waals surface area (Å²) in [5, 5.41) is 5.59. The van der Waals surface area contributed by atoms with E-state index in [-0.39, 0.29) is 18.4 Å². The summed E-state index contributed by atoms with van der Waals surface area (Å²) < 4.78 is 10.5. The maximum absolute atomic E-state index is 12.1. The summed E-state index contributed by atoms with van der Waals surface area (Å²) in [7, 11) is 1.59. The molecule has 0 aliphatic carbocycles. The van der Waals surface area contributed by atoms with Crippen molar-refractivity contribution in [2.24, 2.45) is 0 Å². The van der Waals surface area contributed by atoms with Crippen LogP contribution >= 0.6 is 0 Å². The first kappa shape index (κ1) is 19.9. The Morgan fingerprint density at radius 2 is 1.28 bits per heavy atom. The first-order chi connectivity index (χ1) is 14.1. The van der Waals surface area contributed by atoms with Crippen LogP contribution < -0.4 is 20.1 Å². The Morgan fingerprint density at radius 1 is 0.724 bits per heavy atom. The number of methoxy groups -OCH3 is 1. The molecule has 0 bridgehead atoms. The van der Waals surface area contributed by atoms with Gasteiger partial charge in [0.15, 0.2) is 6.61 Å². The highest BCUT2D eigenvalue weighted by molar-refractivity contribution is 5.94. The highest BCUT2D eigenvalue weighted by atomic mass is 16.5. The number of carbonyl (C=O) groups is 2. The fraction of sp³-hybridized carbons (Fsp3) is 0.130. The molecule has 29 heavy (non-hydrogen) atoms. The molecular weight excluding hydrogens is 368 g/mol. The van der Waals surface area contributed by atoms with Crippen molar-refractivity contribution in [3.63, 3.8) is 0 Å². The Kier molecular flexibility index (Phi) is 6.84. The van der Waals surface area contributed by atoms with Gasteiger partial charge in [-0.1, -0.05) is 30.3 Å². The van der Waals surface area contributed by atoms with E-state index in [9.17, 15) is 9.59 Å². The lowest BCUT2D eigenvalue weighted by molar-refractivity contribution is -0.118. The molecule has 0 atom stereocenters. The van der Waals surface area contributed by atoms with E-state index in [2.05, 4.69) is 10.6 Å². The Labute approximate surface area is 169 Å². The van der Waals surface area contributed by atoms with Gasteiger partial charge in [0.25, 0.3) is 5.91 Å². The molecule has 0 spiro atoms. The minimum atomic E-state index is -0.276. The molecule has 3 aromatic carbocycles. The highest BCUT2D eigenvalue weighted by Crippen LogP contribution is 2.17. The van der Waals surface area contributed by atoms with E-state index in [0.29, 0.717) is 23.5 Å². The number of anilines is 2. The van der Waals surface area contributed by atoms with Crippen molar-refractivity contribution >= 4 is 23.2 Å². The summed E-state index contributed by atoms with van der Waals surface area (Å²) in [6, 6.07) is 23.5. The minimum Gasteiger partial charge on any atom is -0.497 e. The van der Waals surface area contributed by atoms with Gasteiger partial charge in [-0.15, -0.1) is 0 Å². The van der Waals surface area contributed by atoms with E-state index in [4.69, 9.17) is 9.47 Å². The van der Waals surface area contributed by atoms with E-state index >= 15 is 0 Å². The highest BCUT2D eigenvalue weighted by Gasteiger charge is 2.06. The first-order valence-corrected chi connectivity index (χ1v) is 9.13. The standard InChI is InChI=1S/C23H22N2O4/c1-28-20-11-13-21(14-12-20)29-16-23(27)25-19-9-7-18(8-10-19)24-22(26)15-17-5-3-2-4-6-17/h2-14H,15-16H2,1H3,(H,24,26)(H,25,27). The molecule has 0 aliphatic heterocycles. The predicted octanol–water partition coefficient (Wildman–Crippen LogP) is 3.89. The molecule has 3 aromatic rings. The number of hydrogen-bond donors (Lipinski definition) is 2. The molecule has 0 saturated heterocycles. The fourth-order valence-electron chi connectivity index (χ4n) is 2.64. The lowest BCUT2D eigenvalue weighted by Crippen LogP contribution is -2.20. The van der Waals surface area contributed by atoms with Crippen LogP contribution in [-0.4, -0.2) is 25.5 Å². The van der Waals surface area contributed by atoms with E-state index < -0.39 is 0 Å². The molecular formula is C23H22N2O4. The molecule has 2 N–H and O–H groups in total. The van der Waals surface area contributed by atoms with Gasteiger partial charge in [0.2, 0.25) is 5.91 Å². The average molecular weight is 390 g/mol. The molecule has 148 valence electrons. The van der Waals surface area contributed by atoms with Gasteiger partial charge in [0.1, 0.15) is 11.5 Å². The predicted molar refractivity (Wildman–Crippen MR) is 112 cm³/mol. The molecule has 0 saturated carbocycles. The molecule has 0 unspecified atom stereocenters. The van der Waals surface area contributed by atoms with Crippen molar-refractivity contribution in [2.75, 3.05) is 24.4 Å². The average Bonchev–Trinajstić information content (AvgIpc) is 2.75. The summed E-state index contributed by atoms with van der Waals surface area (Å²) >= 11 is 0. The molecule has 0 heterocycles. The zero-order valence-electron chi connectivity index (χ0n) is 16.1. The van der Waals surface area contributed by atoms with Crippen LogP contribution in [0.2, 0.25) is 0 Å². The van der Waals surface area contributed by atoms with Crippen LogP contribution in [0.1, 0.15) is 5.56 Å². The van der Waals surface area contributed by atoms with Crippen LogP contribution in [0.5, 0.6) is 11.5 Å². The lowest BCUT2D eigenvalue weighted by Gasteiger charge is -2.09. The second-order valence-corrected chi connectivity index (χ2v) is 6.30. The van der Waals surface area contributed by atoms with Crippen molar-refractivity contribution in [2.45, 2.75) is 6.42 Å². The van der Waals surface area contributed by atoms with Crippen molar-refractivity contribution < 1.29 is 19.1 Å². The molecule has 0 aliphatic rings. The van der Waals surface area contributed by atoms with Crippen LogP contribution in [0.3, 0.4) is 0 Å². The van der Waals surface area contributed by atoms with E-state index in [1.807, 2.05) is 30.3 Å². The number of carbonyl (C=O) groups excluding carboxylic acids is 2. The van der Waals surface area contributed by atoms with Crippen LogP contribution in [0.25, 0.3) is 0 Å². The second kappa shape index (κ2) is 9.94. The maximum atomic E-state index is 12.1. The summed E-state index contributed by atoms with van der Waals surface area (Å²) in [5.41, 5.74) is 2.23. The van der Waals surface area contributed by atoms with Crippen molar-refractivity contribution in [3.8, 4) is 11.5 Å². The lowest BCUT2D eigenvalue weighted by atomic mass is 10.1. The third-order valence-electron chi connectivity index (χ3n) is 4.09. The molecule has 6 heteroatoms. The number of ether oxygens (including phenoxy) is 2. The maximum Gasteiger partial charge on any atom is 0.262 e. The van der Waals surface area contributed by atoms with Gasteiger partial charge in [0, 0.05) is 11.4 Å². The number of rotatable bonds is 8. The Balaban J connectivity index is 1.45. The Morgan fingerprint density at radius 3 is 1.86 bits per heavy atom. The third-order valence-corrected chi connectivity index (χ3v) is 4.09. The summed E-state index contributed by atoms with van der Waals surface area (Å²) in [6.45, 7) is -0.109. The van der Waals surface area contributed by atoms with E-state index in [1.165, 1.54) is 0 Å². The monoisotopic (exact) mass is 390 g/mol. The second-order valence-electron chi connectivity index (χ2n) is 6.30. The van der Waals surface area contributed by atoms with Gasteiger partial charge in [0.05, 0.1) is 13.5 Å². The van der Waals surface area contributed by atoms with Crippen molar-refractivity contribution in [1.29, 1.82) is 0 Å². The quantitative estimate of drug-likeness (QED) is 0.612. The number of amides is 2. The van der Waals surface area contributed by atoms with Gasteiger partial charge in [-0.3, -0.25) is 9.59 Å². The number of hydrogen-bond acceptors (Lipinski definition) is 4. The van der Waals surface area contributed by atoms with Crippen LogP contribution in [-0.2, 0) is 16.0 Å². The Hall–Kier alpha value is -3.80. The third kappa shape index (κ3) is 6.39. The van der Waals surface area contributed by atoms with Gasteiger partial charge < -0.3 is 20.1 Å². The van der Waals surface area contributed by atoms with Crippen LogP contribution in [0.15, 0.2) is 78.9 Å². The van der Waals surface area contributed by atoms with Crippen molar-refractivity contribution in [1.82, 2.24) is 0 Å². The normalized spacial score (nSPS) is 10.1.